The van der Waals surface area contributed by atoms with E-state index in [1.807, 2.05) is 37.8 Å². The Morgan fingerprint density at radius 3 is 1.84 bits per heavy atom. The molecule has 2 aliphatic rings. The third-order valence-corrected chi connectivity index (χ3v) is 13.8. The summed E-state index contributed by atoms with van der Waals surface area (Å²) in [4.78, 5) is 115. The van der Waals surface area contributed by atoms with Gasteiger partial charge < -0.3 is 67.8 Å². The molecule has 1 aromatic heterocycles. The van der Waals surface area contributed by atoms with Gasteiger partial charge in [0.05, 0.1) is 37.1 Å². The Bertz CT molecular complexity index is 2230. The van der Waals surface area contributed by atoms with Gasteiger partial charge in [0.2, 0.25) is 5.82 Å². The van der Waals surface area contributed by atoms with E-state index in [1.54, 1.807) is 0 Å². The van der Waals surface area contributed by atoms with Gasteiger partial charge in [0.15, 0.2) is 30.5 Å². The Hall–Kier alpha value is -5.83. The average Bonchev–Trinajstić information content (AvgIpc) is 4.00. The van der Waals surface area contributed by atoms with E-state index < -0.39 is 109 Å². The molecule has 7 unspecified atom stereocenters. The van der Waals surface area contributed by atoms with Crippen molar-refractivity contribution in [2.24, 2.45) is 11.8 Å². The molecule has 0 aromatic carbocycles. The summed E-state index contributed by atoms with van der Waals surface area (Å²) in [6.07, 6.45) is 0.575. The number of esters is 9. The number of hydrogen-bond donors (Lipinski definition) is 3. The molecule has 3 rings (SSSR count). The minimum Gasteiger partial charge on any atom is -0.470 e. The predicted molar refractivity (Wildman–Crippen MR) is 294 cm³/mol. The maximum atomic E-state index is 12.9. The van der Waals surface area contributed by atoms with Crippen LogP contribution in [0, 0.1) is 11.8 Å². The first kappa shape index (κ1) is 70.4. The molecule has 0 radical (unpaired) electrons. The predicted octanol–water partition coefficient (Wildman–Crippen LogP) is 5.11. The quantitative estimate of drug-likeness (QED) is 0.0258. The molecule has 26 heteroatoms. The molecule has 82 heavy (non-hydrogen) atoms. The number of aliphatic hydroxyl groups excluding tert-OH is 2. The van der Waals surface area contributed by atoms with E-state index in [0.717, 1.165) is 65.1 Å². The largest absolute Gasteiger partial charge is 0.470 e. The van der Waals surface area contributed by atoms with E-state index in [2.05, 4.69) is 21.0 Å². The highest BCUT2D eigenvalue weighted by Gasteiger charge is 2.43. The fourth-order valence-electron chi connectivity index (χ4n) is 8.71. The highest BCUT2D eigenvalue weighted by Crippen LogP contribution is 2.40. The summed E-state index contributed by atoms with van der Waals surface area (Å²) in [5, 5.41) is 24.7. The maximum Gasteiger partial charge on any atom is 0.354 e. The van der Waals surface area contributed by atoms with Crippen molar-refractivity contribution in [3.8, 4) is 5.88 Å². The lowest BCUT2D eigenvalue weighted by atomic mass is 9.85. The van der Waals surface area contributed by atoms with Gasteiger partial charge in [-0.3, -0.25) is 19.2 Å². The van der Waals surface area contributed by atoms with E-state index in [4.69, 9.17) is 47.4 Å². The zero-order valence-corrected chi connectivity index (χ0v) is 50.1. The topological polar surface area (TPSA) is 327 Å². The van der Waals surface area contributed by atoms with Crippen LogP contribution in [0.2, 0.25) is 0 Å². The van der Waals surface area contributed by atoms with Crippen molar-refractivity contribution < 1.29 is 101 Å². The second-order valence-corrected chi connectivity index (χ2v) is 22.1. The molecule has 1 saturated heterocycles. The Labute approximate surface area is 484 Å². The maximum absolute atomic E-state index is 12.9. The van der Waals surface area contributed by atoms with Crippen LogP contribution in [0.5, 0.6) is 5.88 Å². The van der Waals surface area contributed by atoms with Gasteiger partial charge in [-0.05, 0) is 106 Å². The summed E-state index contributed by atoms with van der Waals surface area (Å²) >= 11 is 1.00. The summed E-state index contributed by atoms with van der Waals surface area (Å²) in [5.41, 5.74) is -0.299. The molecule has 2 fully saturated rings. The van der Waals surface area contributed by atoms with Gasteiger partial charge in [0.25, 0.3) is 5.88 Å². The summed E-state index contributed by atoms with van der Waals surface area (Å²) in [5.74, 6) is -8.03. The van der Waals surface area contributed by atoms with Gasteiger partial charge in [0, 0.05) is 63.7 Å². The van der Waals surface area contributed by atoms with Gasteiger partial charge in [-0.15, -0.1) is 4.37 Å². The number of unbranched alkanes of at least 4 members (excludes halogenated alkanes) is 4. The Balaban J connectivity index is 1.33. The lowest BCUT2D eigenvalue weighted by molar-refractivity contribution is -0.187. The monoisotopic (exact) mass is 1180 g/mol. The molecule has 3 N–H and O–H groups in total. The third kappa shape index (κ3) is 27.0. The lowest BCUT2D eigenvalue weighted by Crippen LogP contribution is -2.44. The van der Waals surface area contributed by atoms with E-state index in [0.29, 0.717) is 82.9 Å². The van der Waals surface area contributed by atoms with Crippen LogP contribution < -0.4 is 15.0 Å². The Morgan fingerprint density at radius 2 is 1.27 bits per heavy atom. The fourth-order valence-corrected chi connectivity index (χ4v) is 9.23. The molecular formula is C56H88N4O21S. The average molecular weight is 1190 g/mol. The minimum atomic E-state index is -1.62. The minimum absolute atomic E-state index is 0.0188. The van der Waals surface area contributed by atoms with Crippen molar-refractivity contribution in [1.82, 2.24) is 14.1 Å². The smallest absolute Gasteiger partial charge is 0.354 e. The van der Waals surface area contributed by atoms with Gasteiger partial charge in [0.1, 0.15) is 18.8 Å². The standard InChI is InChI=1S/C56H88N4O21S/c1-11-12-13-16-20-40(62)25-26-42-43(45(31-44(42)63)79-39(7)61)21-17-14-15-18-22-48(66)81-55(71)38(6)78-54(70)37(5)77-53(69)36(4)76-52(68)35(3)75-51(67)34(2)74-46(64)23-19-24-47(65)80-41(32-57-56(8,9)10)33-73-50-49(58-82-59-50)60-27-29-72-30-28-60/h14,17,34-38,40-45,57,62-63H,11-13,15-16,18-33H2,1-10H3/b17-14-/t34?,35?,36?,37?,38?,40-,41?,42+,43?,44+,45-/m1/s1. The number of hydrogen-bond acceptors (Lipinski definition) is 26. The molecule has 25 nitrogen and oxygen atoms in total. The van der Waals surface area contributed by atoms with Gasteiger partial charge in [-0.25, -0.2) is 24.0 Å². The van der Waals surface area contributed by atoms with Gasteiger partial charge in [-0.2, -0.15) is 4.37 Å². The van der Waals surface area contributed by atoms with Crippen molar-refractivity contribution in [3.63, 3.8) is 0 Å². The summed E-state index contributed by atoms with van der Waals surface area (Å²) < 4.78 is 61.3. The lowest BCUT2D eigenvalue weighted by Gasteiger charge is -2.27. The second-order valence-electron chi connectivity index (χ2n) is 21.6. The van der Waals surface area contributed by atoms with Crippen LogP contribution in [0.3, 0.4) is 0 Å². The van der Waals surface area contributed by atoms with Crippen LogP contribution in [0.1, 0.15) is 166 Å². The van der Waals surface area contributed by atoms with Crippen molar-refractivity contribution in [1.29, 1.82) is 0 Å². The first-order valence-corrected chi connectivity index (χ1v) is 29.2. The first-order chi connectivity index (χ1) is 38.8. The number of aromatic nitrogens is 2. The molecule has 2 heterocycles. The number of rotatable bonds is 36. The molecule has 1 aliphatic heterocycles. The number of anilines is 1. The van der Waals surface area contributed by atoms with Crippen LogP contribution in [0.15, 0.2) is 12.2 Å². The highest BCUT2D eigenvalue weighted by molar-refractivity contribution is 6.99. The molecular weight excluding hydrogens is 1100 g/mol. The molecule has 0 amide bonds. The summed E-state index contributed by atoms with van der Waals surface area (Å²) in [6, 6.07) is 0. The molecule has 1 aliphatic carbocycles. The summed E-state index contributed by atoms with van der Waals surface area (Å²) in [7, 11) is 0. The first-order valence-electron chi connectivity index (χ1n) is 28.4. The number of nitrogens with zero attached hydrogens (tertiary/aromatic N) is 3. The van der Waals surface area contributed by atoms with Gasteiger partial charge >= 0.3 is 53.7 Å². The summed E-state index contributed by atoms with van der Waals surface area (Å²) in [6.45, 7) is 17.7. The van der Waals surface area contributed by atoms with Crippen LogP contribution in [-0.4, -0.2) is 173 Å². The molecule has 1 saturated carbocycles. The Kier molecular flexibility index (Phi) is 31.5. The van der Waals surface area contributed by atoms with E-state index in [-0.39, 0.29) is 56.2 Å². The molecule has 464 valence electrons. The Morgan fingerprint density at radius 1 is 0.707 bits per heavy atom. The zero-order valence-electron chi connectivity index (χ0n) is 49.3. The number of nitrogens with one attached hydrogen (secondary N) is 1. The molecule has 0 bridgehead atoms. The molecule has 1 aromatic rings. The number of carbonyl (C=O) groups excluding carboxylic acids is 9. The van der Waals surface area contributed by atoms with Gasteiger partial charge in [-0.1, -0.05) is 44.8 Å². The third-order valence-electron chi connectivity index (χ3n) is 13.3. The van der Waals surface area contributed by atoms with Crippen molar-refractivity contribution in [2.45, 2.75) is 226 Å². The van der Waals surface area contributed by atoms with Crippen LogP contribution in [0.25, 0.3) is 0 Å². The van der Waals surface area contributed by atoms with Crippen LogP contribution in [-0.2, 0) is 85.8 Å². The van der Waals surface area contributed by atoms with Crippen molar-refractivity contribution in [3.05, 3.63) is 12.2 Å². The van der Waals surface area contributed by atoms with E-state index in [9.17, 15) is 53.4 Å². The number of ether oxygens (including phenoxy) is 10. The molecule has 11 atom stereocenters. The second kappa shape index (κ2) is 36.7. The highest BCUT2D eigenvalue weighted by atomic mass is 32.1. The van der Waals surface area contributed by atoms with E-state index >= 15 is 0 Å². The normalized spacial score (nSPS) is 19.8. The zero-order chi connectivity index (χ0) is 60.9. The van der Waals surface area contributed by atoms with Crippen molar-refractivity contribution >= 4 is 71.3 Å². The van der Waals surface area contributed by atoms with Crippen LogP contribution in [0.4, 0.5) is 5.82 Å². The van der Waals surface area contributed by atoms with Crippen molar-refractivity contribution in [2.75, 3.05) is 44.4 Å². The number of morpholine rings is 1. The molecule has 0 spiro atoms. The SMILES string of the molecule is CCCCCC[C@@H](O)CC[C@H]1C(C/C=C\CCCC(=O)OC(=O)C(C)OC(=O)C(C)OC(=O)C(C)OC(=O)C(C)OC(=O)C(C)OC(=O)CCCC(=O)OC(CNC(C)(C)C)COc2nsnc2N2CCOCC2)[C@H](OC(C)=O)C[C@@H]1O. The number of carbonyl (C=O) groups is 9. The van der Waals surface area contributed by atoms with Crippen LogP contribution >= 0.6 is 11.7 Å². The fraction of sp³-hybridized carbons (Fsp3) is 0.768. The van der Waals surface area contributed by atoms with E-state index in [1.165, 1.54) is 13.8 Å². The number of allylic oxidation sites excluding steroid dienone is 2. The number of aliphatic hydroxyl groups is 2.